The molecule has 8 nitrogen and oxygen atoms in total. The van der Waals surface area contributed by atoms with Gasteiger partial charge in [-0.15, -0.1) is 0 Å². The summed E-state index contributed by atoms with van der Waals surface area (Å²) in [6, 6.07) is 7.65. The van der Waals surface area contributed by atoms with Crippen molar-refractivity contribution < 1.29 is 32.3 Å². The number of furan rings is 1. The molecular formula is C23H29F2N3O5. The second-order valence-corrected chi connectivity index (χ2v) is 7.78. The van der Waals surface area contributed by atoms with Crippen LogP contribution in [0.3, 0.4) is 0 Å². The van der Waals surface area contributed by atoms with Crippen LogP contribution in [-0.2, 0) is 11.3 Å². The van der Waals surface area contributed by atoms with Crippen LogP contribution in [0.2, 0.25) is 0 Å². The molecule has 0 saturated carbocycles. The second kappa shape index (κ2) is 11.1. The molecule has 180 valence electrons. The molecule has 1 aliphatic heterocycles. The molecule has 2 amide bonds. The molecule has 0 aliphatic carbocycles. The van der Waals surface area contributed by atoms with Crippen molar-refractivity contribution in [2.75, 3.05) is 39.8 Å². The van der Waals surface area contributed by atoms with E-state index in [1.807, 2.05) is 18.9 Å². The number of carbonyl (C=O) groups excluding carboxylic acids is 2. The first-order chi connectivity index (χ1) is 15.8. The molecule has 0 N–H and O–H groups in total. The van der Waals surface area contributed by atoms with Crippen molar-refractivity contribution in [3.05, 3.63) is 47.9 Å². The van der Waals surface area contributed by atoms with Gasteiger partial charge in [-0.25, -0.2) is 0 Å². The number of rotatable bonds is 9. The molecule has 1 atom stereocenters. The monoisotopic (exact) mass is 465 g/mol. The lowest BCUT2D eigenvalue weighted by Crippen LogP contribution is -2.54. The van der Waals surface area contributed by atoms with E-state index < -0.39 is 12.7 Å². The van der Waals surface area contributed by atoms with Crippen LogP contribution >= 0.6 is 0 Å². The third-order valence-electron chi connectivity index (χ3n) is 5.59. The van der Waals surface area contributed by atoms with Crippen LogP contribution in [0.5, 0.6) is 11.5 Å². The number of halogens is 2. The van der Waals surface area contributed by atoms with Gasteiger partial charge in [0.2, 0.25) is 5.91 Å². The van der Waals surface area contributed by atoms with Crippen molar-refractivity contribution >= 4 is 11.8 Å². The van der Waals surface area contributed by atoms with Crippen LogP contribution in [0.1, 0.15) is 30.0 Å². The molecular weight excluding hydrogens is 436 g/mol. The Hall–Kier alpha value is -3.14. The first-order valence-corrected chi connectivity index (χ1v) is 10.8. The van der Waals surface area contributed by atoms with E-state index in [2.05, 4.69) is 4.74 Å². The number of likely N-dealkylation sites (N-methyl/N-ethyl adjacent to an activating group) is 1. The largest absolute Gasteiger partial charge is 0.490 e. The molecule has 2 aromatic rings. The highest BCUT2D eigenvalue weighted by Crippen LogP contribution is 2.30. The Balaban J connectivity index is 1.56. The Morgan fingerprint density at radius 3 is 2.42 bits per heavy atom. The first-order valence-electron chi connectivity index (χ1n) is 10.8. The molecule has 0 radical (unpaired) electrons. The standard InChI is InChI=1S/C23H29F2N3O5/c1-4-31-20-14-17(7-8-18(20)33-23(24)25)15-26(3)16(2)21(29)27-9-11-28(12-10-27)22(30)19-6-5-13-32-19/h5-8,13-14,16,23H,4,9-12,15H2,1-3H3. The fourth-order valence-electron chi connectivity index (χ4n) is 3.68. The lowest BCUT2D eigenvalue weighted by molar-refractivity contribution is -0.137. The van der Waals surface area contributed by atoms with Crippen LogP contribution in [0.25, 0.3) is 0 Å². The van der Waals surface area contributed by atoms with Gasteiger partial charge in [0.15, 0.2) is 17.3 Å². The molecule has 1 aromatic heterocycles. The molecule has 33 heavy (non-hydrogen) atoms. The van der Waals surface area contributed by atoms with E-state index >= 15 is 0 Å². The van der Waals surface area contributed by atoms with Crippen LogP contribution in [0.15, 0.2) is 41.0 Å². The third-order valence-corrected chi connectivity index (χ3v) is 5.59. The van der Waals surface area contributed by atoms with Gasteiger partial charge in [-0.05, 0) is 50.7 Å². The zero-order valence-corrected chi connectivity index (χ0v) is 19.0. The van der Waals surface area contributed by atoms with Crippen LogP contribution in [0.4, 0.5) is 8.78 Å². The van der Waals surface area contributed by atoms with Crippen molar-refractivity contribution in [1.82, 2.24) is 14.7 Å². The molecule has 1 aliphatic rings. The zero-order valence-electron chi connectivity index (χ0n) is 19.0. The molecule has 1 unspecified atom stereocenters. The maximum Gasteiger partial charge on any atom is 0.387 e. The molecule has 1 fully saturated rings. The van der Waals surface area contributed by atoms with Crippen molar-refractivity contribution in [2.45, 2.75) is 33.0 Å². The number of hydrogen-bond donors (Lipinski definition) is 0. The van der Waals surface area contributed by atoms with Gasteiger partial charge in [0, 0.05) is 32.7 Å². The topological polar surface area (TPSA) is 75.5 Å². The van der Waals surface area contributed by atoms with E-state index in [1.165, 1.54) is 12.3 Å². The van der Waals surface area contributed by atoms with E-state index in [0.29, 0.717) is 45.1 Å². The number of alkyl halides is 2. The summed E-state index contributed by atoms with van der Waals surface area (Å²) in [7, 11) is 1.82. The van der Waals surface area contributed by atoms with Crippen LogP contribution in [0, 0.1) is 0 Å². The normalized spacial score (nSPS) is 15.1. The molecule has 2 heterocycles. The first kappa shape index (κ1) is 24.5. The Morgan fingerprint density at radius 2 is 1.82 bits per heavy atom. The summed E-state index contributed by atoms with van der Waals surface area (Å²) in [5, 5.41) is 0. The van der Waals surface area contributed by atoms with Gasteiger partial charge < -0.3 is 23.7 Å². The Kier molecular flexibility index (Phi) is 8.26. The predicted molar refractivity (Wildman–Crippen MR) is 116 cm³/mol. The summed E-state index contributed by atoms with van der Waals surface area (Å²) in [5.74, 6) is 0.288. The molecule has 1 aromatic carbocycles. The number of carbonyl (C=O) groups is 2. The van der Waals surface area contributed by atoms with E-state index in [0.717, 1.165) is 5.56 Å². The maximum atomic E-state index is 13.0. The highest BCUT2D eigenvalue weighted by Gasteiger charge is 2.29. The Bertz CT molecular complexity index is 930. The average molecular weight is 465 g/mol. The fraction of sp³-hybridized carbons (Fsp3) is 0.478. The molecule has 1 saturated heterocycles. The number of piperazine rings is 1. The smallest absolute Gasteiger partial charge is 0.387 e. The maximum absolute atomic E-state index is 13.0. The summed E-state index contributed by atoms with van der Waals surface area (Å²) < 4.78 is 40.3. The van der Waals surface area contributed by atoms with Crippen LogP contribution in [-0.4, -0.2) is 79.0 Å². The number of ether oxygens (including phenoxy) is 2. The Morgan fingerprint density at radius 1 is 1.12 bits per heavy atom. The minimum atomic E-state index is -2.94. The van der Waals surface area contributed by atoms with E-state index in [-0.39, 0.29) is 23.3 Å². The molecule has 0 bridgehead atoms. The van der Waals surface area contributed by atoms with Crippen molar-refractivity contribution in [3.63, 3.8) is 0 Å². The van der Waals surface area contributed by atoms with Gasteiger partial charge in [-0.2, -0.15) is 8.78 Å². The van der Waals surface area contributed by atoms with E-state index in [9.17, 15) is 18.4 Å². The molecule has 10 heteroatoms. The van der Waals surface area contributed by atoms with Gasteiger partial charge >= 0.3 is 6.61 Å². The summed E-state index contributed by atoms with van der Waals surface area (Å²) in [5.41, 5.74) is 0.802. The van der Waals surface area contributed by atoms with Crippen molar-refractivity contribution in [2.24, 2.45) is 0 Å². The minimum Gasteiger partial charge on any atom is -0.490 e. The Labute approximate surface area is 191 Å². The van der Waals surface area contributed by atoms with Crippen LogP contribution < -0.4 is 9.47 Å². The van der Waals surface area contributed by atoms with Gasteiger partial charge in [0.05, 0.1) is 18.9 Å². The van der Waals surface area contributed by atoms with Crippen molar-refractivity contribution in [3.8, 4) is 11.5 Å². The quantitative estimate of drug-likeness (QED) is 0.567. The average Bonchev–Trinajstić information content (AvgIpc) is 3.34. The SMILES string of the molecule is CCOc1cc(CN(C)C(C)C(=O)N2CCN(C(=O)c3ccco3)CC2)ccc1OC(F)F. The number of nitrogens with zero attached hydrogens (tertiary/aromatic N) is 3. The fourth-order valence-corrected chi connectivity index (χ4v) is 3.68. The number of amides is 2. The van der Waals surface area contributed by atoms with E-state index in [4.69, 9.17) is 9.15 Å². The second-order valence-electron chi connectivity index (χ2n) is 7.78. The predicted octanol–water partition coefficient (Wildman–Crippen LogP) is 3.08. The van der Waals surface area contributed by atoms with Gasteiger partial charge in [-0.3, -0.25) is 14.5 Å². The summed E-state index contributed by atoms with van der Waals surface area (Å²) in [4.78, 5) is 30.7. The van der Waals surface area contributed by atoms with E-state index in [1.54, 1.807) is 41.0 Å². The summed E-state index contributed by atoms with van der Waals surface area (Å²) >= 11 is 0. The molecule has 0 spiro atoms. The lowest BCUT2D eigenvalue weighted by atomic mass is 10.1. The van der Waals surface area contributed by atoms with Crippen molar-refractivity contribution in [1.29, 1.82) is 0 Å². The molecule has 3 rings (SSSR count). The van der Waals surface area contributed by atoms with Gasteiger partial charge in [0.1, 0.15) is 0 Å². The number of benzene rings is 1. The van der Waals surface area contributed by atoms with Gasteiger partial charge in [0.25, 0.3) is 5.91 Å². The minimum absolute atomic E-state index is 0.0238. The number of hydrogen-bond acceptors (Lipinski definition) is 6. The summed E-state index contributed by atoms with van der Waals surface area (Å²) in [6.45, 7) is 3.12. The lowest BCUT2D eigenvalue weighted by Gasteiger charge is -2.37. The zero-order chi connectivity index (χ0) is 24.0. The highest BCUT2D eigenvalue weighted by molar-refractivity contribution is 5.91. The third kappa shape index (κ3) is 6.22. The van der Waals surface area contributed by atoms with Gasteiger partial charge in [-0.1, -0.05) is 6.07 Å². The highest BCUT2D eigenvalue weighted by atomic mass is 19.3. The summed E-state index contributed by atoms with van der Waals surface area (Å²) in [6.07, 6.45) is 1.46.